The molecule has 0 aromatic carbocycles. The summed E-state index contributed by atoms with van der Waals surface area (Å²) in [6.07, 6.45) is 3.14. The molecule has 4 heteroatoms. The van der Waals surface area contributed by atoms with Gasteiger partial charge in [0, 0.05) is 6.54 Å². The molecule has 3 N–H and O–H groups in total. The number of nitrogens with two attached hydrogens (primary N) is 1. The topological polar surface area (TPSA) is 58.4 Å². The predicted molar refractivity (Wildman–Crippen MR) is 63.7 cm³/mol. The van der Waals surface area contributed by atoms with Gasteiger partial charge < -0.3 is 16.0 Å². The normalized spacial score (nSPS) is 15.3. The number of nitrogens with one attached hydrogen (secondary N) is 1. The molecule has 0 fully saturated rings. The molecule has 0 aliphatic carbocycles. The van der Waals surface area contributed by atoms with E-state index in [-0.39, 0.29) is 5.91 Å². The fourth-order valence-corrected chi connectivity index (χ4v) is 1.33. The van der Waals surface area contributed by atoms with Gasteiger partial charge in [0.05, 0.1) is 5.54 Å². The molecule has 1 unspecified atom stereocenters. The fourth-order valence-electron chi connectivity index (χ4n) is 1.33. The third-order valence-corrected chi connectivity index (χ3v) is 2.98. The maximum Gasteiger partial charge on any atom is 0.237 e. The van der Waals surface area contributed by atoms with E-state index in [0.717, 1.165) is 19.5 Å². The highest BCUT2D eigenvalue weighted by Crippen LogP contribution is 2.09. The van der Waals surface area contributed by atoms with E-state index < -0.39 is 5.54 Å². The van der Waals surface area contributed by atoms with Gasteiger partial charge in [0.1, 0.15) is 0 Å². The van der Waals surface area contributed by atoms with Crippen LogP contribution in [0.25, 0.3) is 0 Å². The molecule has 0 radical (unpaired) electrons. The average Bonchev–Trinajstić information content (AvgIpc) is 2.22. The van der Waals surface area contributed by atoms with E-state index in [1.165, 1.54) is 12.8 Å². The van der Waals surface area contributed by atoms with Crippen molar-refractivity contribution in [3.8, 4) is 0 Å². The Labute approximate surface area is 93.2 Å². The minimum Gasteiger partial charge on any atom is -0.368 e. The minimum atomic E-state index is -0.583. The molecule has 0 aromatic rings. The van der Waals surface area contributed by atoms with Crippen LogP contribution in [0.5, 0.6) is 0 Å². The van der Waals surface area contributed by atoms with Crippen LogP contribution in [0, 0.1) is 0 Å². The highest BCUT2D eigenvalue weighted by molar-refractivity contribution is 5.84. The van der Waals surface area contributed by atoms with E-state index in [9.17, 15) is 4.79 Å². The van der Waals surface area contributed by atoms with Gasteiger partial charge in [-0.15, -0.1) is 0 Å². The zero-order valence-electron chi connectivity index (χ0n) is 10.5. The molecular formula is C11H25N3O. The summed E-state index contributed by atoms with van der Waals surface area (Å²) in [7, 11) is 3.85. The van der Waals surface area contributed by atoms with Crippen molar-refractivity contribution in [2.45, 2.75) is 38.6 Å². The summed E-state index contributed by atoms with van der Waals surface area (Å²) in [5, 5.41) is 2.99. The number of primary amides is 1. The first-order valence-corrected chi connectivity index (χ1v) is 5.63. The molecule has 4 nitrogen and oxygen atoms in total. The van der Waals surface area contributed by atoms with Crippen molar-refractivity contribution < 1.29 is 4.79 Å². The van der Waals surface area contributed by atoms with E-state index in [4.69, 9.17) is 5.73 Å². The molecular weight excluding hydrogens is 190 g/mol. The number of unbranched alkanes of at least 4 members (excludes halogenated alkanes) is 1. The van der Waals surface area contributed by atoms with Crippen LogP contribution in [-0.4, -0.2) is 43.5 Å². The Bertz CT molecular complexity index is 196. The van der Waals surface area contributed by atoms with Gasteiger partial charge in [-0.3, -0.25) is 4.79 Å². The Kier molecular flexibility index (Phi) is 6.52. The van der Waals surface area contributed by atoms with Gasteiger partial charge in [-0.25, -0.2) is 0 Å². The Hall–Kier alpha value is -0.610. The van der Waals surface area contributed by atoms with Crippen LogP contribution in [0.3, 0.4) is 0 Å². The Balaban J connectivity index is 3.95. The number of likely N-dealkylation sites (N-methyl/N-ethyl adjacent to an activating group) is 1. The van der Waals surface area contributed by atoms with Crippen molar-refractivity contribution in [1.29, 1.82) is 0 Å². The lowest BCUT2D eigenvalue weighted by atomic mass is 9.97. The van der Waals surface area contributed by atoms with E-state index in [0.29, 0.717) is 0 Å². The van der Waals surface area contributed by atoms with Gasteiger partial charge >= 0.3 is 0 Å². The van der Waals surface area contributed by atoms with Crippen LogP contribution in [0.2, 0.25) is 0 Å². The second-order valence-electron chi connectivity index (χ2n) is 4.35. The smallest absolute Gasteiger partial charge is 0.237 e. The van der Waals surface area contributed by atoms with Crippen molar-refractivity contribution >= 4 is 5.91 Å². The highest BCUT2D eigenvalue weighted by Gasteiger charge is 2.28. The molecule has 0 saturated heterocycles. The zero-order chi connectivity index (χ0) is 11.9. The molecule has 1 amide bonds. The first-order chi connectivity index (χ1) is 6.96. The standard InChI is InChI=1S/C11H25N3O/c1-5-6-8-14(4)9-7-11(2,13-3)10(12)15/h13H,5-9H2,1-4H3,(H2,12,15). The van der Waals surface area contributed by atoms with Crippen LogP contribution < -0.4 is 11.1 Å². The summed E-state index contributed by atoms with van der Waals surface area (Å²) in [4.78, 5) is 13.5. The van der Waals surface area contributed by atoms with Crippen molar-refractivity contribution in [3.05, 3.63) is 0 Å². The summed E-state index contributed by atoms with van der Waals surface area (Å²) >= 11 is 0. The number of amides is 1. The number of carbonyl (C=O) groups is 1. The van der Waals surface area contributed by atoms with Crippen molar-refractivity contribution in [3.63, 3.8) is 0 Å². The third kappa shape index (κ3) is 5.14. The summed E-state index contributed by atoms with van der Waals surface area (Å²) in [5.74, 6) is -0.283. The molecule has 90 valence electrons. The second-order valence-corrected chi connectivity index (χ2v) is 4.35. The van der Waals surface area contributed by atoms with Crippen LogP contribution in [0.4, 0.5) is 0 Å². The van der Waals surface area contributed by atoms with Crippen molar-refractivity contribution in [1.82, 2.24) is 10.2 Å². The molecule has 1 atom stereocenters. The minimum absolute atomic E-state index is 0.283. The first-order valence-electron chi connectivity index (χ1n) is 5.63. The van der Waals surface area contributed by atoms with Gasteiger partial charge in [0.25, 0.3) is 0 Å². The van der Waals surface area contributed by atoms with Gasteiger partial charge in [0.15, 0.2) is 0 Å². The van der Waals surface area contributed by atoms with Crippen LogP contribution in [-0.2, 0) is 4.79 Å². The molecule has 0 aliphatic rings. The Morgan fingerprint density at radius 3 is 2.47 bits per heavy atom. The van der Waals surface area contributed by atoms with E-state index >= 15 is 0 Å². The lowest BCUT2D eigenvalue weighted by Gasteiger charge is -2.28. The predicted octanol–water partition coefficient (Wildman–Crippen LogP) is 0.572. The lowest BCUT2D eigenvalue weighted by molar-refractivity contribution is -0.124. The average molecular weight is 215 g/mol. The largest absolute Gasteiger partial charge is 0.368 e. The number of carbonyl (C=O) groups excluding carboxylic acids is 1. The lowest BCUT2D eigenvalue weighted by Crippen LogP contribution is -2.52. The second kappa shape index (κ2) is 6.80. The quantitative estimate of drug-likeness (QED) is 0.622. The summed E-state index contributed by atoms with van der Waals surface area (Å²) < 4.78 is 0. The number of hydrogen-bond donors (Lipinski definition) is 2. The Morgan fingerprint density at radius 2 is 2.07 bits per heavy atom. The van der Waals surface area contributed by atoms with Gasteiger partial charge in [-0.05, 0) is 40.4 Å². The number of hydrogen-bond acceptors (Lipinski definition) is 3. The molecule has 0 bridgehead atoms. The van der Waals surface area contributed by atoms with Gasteiger partial charge in [0.2, 0.25) is 5.91 Å². The van der Waals surface area contributed by atoms with Crippen LogP contribution in [0.15, 0.2) is 0 Å². The van der Waals surface area contributed by atoms with Crippen molar-refractivity contribution in [2.24, 2.45) is 5.73 Å². The monoisotopic (exact) mass is 215 g/mol. The molecule has 0 rings (SSSR count). The first kappa shape index (κ1) is 14.4. The zero-order valence-corrected chi connectivity index (χ0v) is 10.5. The Morgan fingerprint density at radius 1 is 1.47 bits per heavy atom. The molecule has 0 heterocycles. The SMILES string of the molecule is CCCCN(C)CCC(C)(NC)C(N)=O. The number of nitrogens with zero attached hydrogens (tertiary/aromatic N) is 1. The number of rotatable bonds is 8. The molecule has 0 aromatic heterocycles. The van der Waals surface area contributed by atoms with Crippen molar-refractivity contribution in [2.75, 3.05) is 27.2 Å². The highest BCUT2D eigenvalue weighted by atomic mass is 16.1. The molecule has 0 aliphatic heterocycles. The molecule has 0 saturated carbocycles. The summed E-state index contributed by atoms with van der Waals surface area (Å²) in [5.41, 5.74) is 4.77. The summed E-state index contributed by atoms with van der Waals surface area (Å²) in [6.45, 7) is 5.99. The van der Waals surface area contributed by atoms with Gasteiger partial charge in [-0.1, -0.05) is 13.3 Å². The third-order valence-electron chi connectivity index (χ3n) is 2.98. The fraction of sp³-hybridized carbons (Fsp3) is 0.909. The summed E-state index contributed by atoms with van der Waals surface area (Å²) in [6, 6.07) is 0. The van der Waals surface area contributed by atoms with E-state index in [1.807, 2.05) is 6.92 Å². The molecule has 15 heavy (non-hydrogen) atoms. The van der Waals surface area contributed by atoms with Gasteiger partial charge in [-0.2, -0.15) is 0 Å². The van der Waals surface area contributed by atoms with Crippen LogP contribution >= 0.6 is 0 Å². The molecule has 0 spiro atoms. The van der Waals surface area contributed by atoms with E-state index in [1.54, 1.807) is 7.05 Å². The maximum absolute atomic E-state index is 11.2. The maximum atomic E-state index is 11.2. The van der Waals surface area contributed by atoms with E-state index in [2.05, 4.69) is 24.2 Å². The van der Waals surface area contributed by atoms with Crippen LogP contribution in [0.1, 0.15) is 33.1 Å².